The molecule has 0 aromatic rings. The Morgan fingerprint density at radius 1 is 1.23 bits per heavy atom. The molecular weight excluding hydrogens is 284 g/mol. The van der Waals surface area contributed by atoms with Crippen molar-refractivity contribution in [2.24, 2.45) is 0 Å². The second kappa shape index (κ2) is 8.78. The first kappa shape index (κ1) is 20.4. The SMILES string of the molecule is C=CCCOC(C)C(=O)NC(C)(C)CNC(=O)OC(C)(C)C. The molecule has 0 rings (SSSR count). The normalized spacial score (nSPS) is 13.2. The third kappa shape index (κ3) is 10.2. The van der Waals surface area contributed by atoms with Gasteiger partial charge >= 0.3 is 6.09 Å². The maximum atomic E-state index is 12.0. The van der Waals surface area contributed by atoms with Crippen molar-refractivity contribution in [2.75, 3.05) is 13.2 Å². The Hall–Kier alpha value is -1.56. The summed E-state index contributed by atoms with van der Waals surface area (Å²) in [6.45, 7) is 15.0. The number of hydrogen-bond donors (Lipinski definition) is 2. The molecule has 0 aliphatic rings. The first-order chi connectivity index (χ1) is 9.97. The first-order valence-corrected chi connectivity index (χ1v) is 7.48. The van der Waals surface area contributed by atoms with E-state index in [2.05, 4.69) is 17.2 Å². The zero-order valence-electron chi connectivity index (χ0n) is 14.6. The predicted molar refractivity (Wildman–Crippen MR) is 86.7 cm³/mol. The predicted octanol–water partition coefficient (Wildman–Crippen LogP) is 2.39. The molecule has 6 nitrogen and oxygen atoms in total. The van der Waals surface area contributed by atoms with Crippen molar-refractivity contribution in [3.8, 4) is 0 Å². The first-order valence-electron chi connectivity index (χ1n) is 7.48. The summed E-state index contributed by atoms with van der Waals surface area (Å²) < 4.78 is 10.5. The molecule has 0 bridgehead atoms. The Kier molecular flexibility index (Phi) is 8.16. The molecule has 0 saturated heterocycles. The van der Waals surface area contributed by atoms with Crippen LogP contribution in [0.15, 0.2) is 12.7 Å². The van der Waals surface area contributed by atoms with Crippen LogP contribution >= 0.6 is 0 Å². The summed E-state index contributed by atoms with van der Waals surface area (Å²) in [4.78, 5) is 23.6. The van der Waals surface area contributed by atoms with Gasteiger partial charge < -0.3 is 20.1 Å². The van der Waals surface area contributed by atoms with Gasteiger partial charge in [-0.1, -0.05) is 6.08 Å². The van der Waals surface area contributed by atoms with Gasteiger partial charge in [0, 0.05) is 6.54 Å². The fourth-order valence-corrected chi connectivity index (χ4v) is 1.49. The lowest BCUT2D eigenvalue weighted by molar-refractivity contribution is -0.133. The molecule has 0 aromatic heterocycles. The van der Waals surface area contributed by atoms with Gasteiger partial charge in [0.15, 0.2) is 0 Å². The second-order valence-electron chi connectivity index (χ2n) is 6.82. The minimum absolute atomic E-state index is 0.222. The van der Waals surface area contributed by atoms with Crippen molar-refractivity contribution in [2.45, 2.75) is 65.2 Å². The van der Waals surface area contributed by atoms with Crippen LogP contribution in [0.3, 0.4) is 0 Å². The number of carbonyl (C=O) groups excluding carboxylic acids is 2. The van der Waals surface area contributed by atoms with Crippen LogP contribution in [0, 0.1) is 0 Å². The van der Waals surface area contributed by atoms with E-state index in [9.17, 15) is 9.59 Å². The molecule has 1 unspecified atom stereocenters. The summed E-state index contributed by atoms with van der Waals surface area (Å²) >= 11 is 0. The molecule has 2 N–H and O–H groups in total. The fraction of sp³-hybridized carbons (Fsp3) is 0.750. The average molecular weight is 314 g/mol. The van der Waals surface area contributed by atoms with E-state index >= 15 is 0 Å². The van der Waals surface area contributed by atoms with Gasteiger partial charge in [-0.05, 0) is 48.0 Å². The van der Waals surface area contributed by atoms with Crippen LogP contribution in [0.2, 0.25) is 0 Å². The second-order valence-corrected chi connectivity index (χ2v) is 6.82. The monoisotopic (exact) mass is 314 g/mol. The highest BCUT2D eigenvalue weighted by atomic mass is 16.6. The number of rotatable bonds is 8. The molecule has 0 spiro atoms. The maximum Gasteiger partial charge on any atom is 0.407 e. The van der Waals surface area contributed by atoms with Gasteiger partial charge in [-0.25, -0.2) is 4.79 Å². The van der Waals surface area contributed by atoms with E-state index in [1.54, 1.807) is 33.8 Å². The van der Waals surface area contributed by atoms with E-state index in [0.29, 0.717) is 13.0 Å². The quantitative estimate of drug-likeness (QED) is 0.533. The van der Waals surface area contributed by atoms with Gasteiger partial charge in [0.1, 0.15) is 11.7 Å². The van der Waals surface area contributed by atoms with Crippen LogP contribution in [-0.4, -0.2) is 42.4 Å². The van der Waals surface area contributed by atoms with E-state index in [-0.39, 0.29) is 12.5 Å². The summed E-state index contributed by atoms with van der Waals surface area (Å²) in [5, 5.41) is 5.49. The van der Waals surface area contributed by atoms with E-state index < -0.39 is 23.3 Å². The Morgan fingerprint density at radius 2 is 1.82 bits per heavy atom. The smallest absolute Gasteiger partial charge is 0.407 e. The number of nitrogens with one attached hydrogen (secondary N) is 2. The van der Waals surface area contributed by atoms with Crippen molar-refractivity contribution >= 4 is 12.0 Å². The lowest BCUT2D eigenvalue weighted by Gasteiger charge is -2.29. The standard InChI is InChI=1S/C16H30N2O4/c1-8-9-10-21-12(2)13(19)18-16(6,7)11-17-14(20)22-15(3,4)5/h8,12H,1,9-11H2,2-7H3,(H,17,20)(H,18,19). The lowest BCUT2D eigenvalue weighted by Crippen LogP contribution is -2.54. The van der Waals surface area contributed by atoms with Crippen LogP contribution in [0.25, 0.3) is 0 Å². The fourth-order valence-electron chi connectivity index (χ4n) is 1.49. The zero-order valence-corrected chi connectivity index (χ0v) is 14.6. The Bertz CT molecular complexity index is 386. The molecule has 0 aliphatic heterocycles. The topological polar surface area (TPSA) is 76.7 Å². The molecule has 0 fully saturated rings. The molecule has 128 valence electrons. The van der Waals surface area contributed by atoms with Crippen molar-refractivity contribution in [1.82, 2.24) is 10.6 Å². The van der Waals surface area contributed by atoms with Gasteiger partial charge in [0.05, 0.1) is 12.1 Å². The Labute approximate surface area is 133 Å². The highest BCUT2D eigenvalue weighted by Crippen LogP contribution is 2.08. The van der Waals surface area contributed by atoms with Crippen LogP contribution < -0.4 is 10.6 Å². The number of ether oxygens (including phenoxy) is 2. The molecule has 0 radical (unpaired) electrons. The van der Waals surface area contributed by atoms with Crippen LogP contribution in [0.4, 0.5) is 4.79 Å². The molecule has 22 heavy (non-hydrogen) atoms. The van der Waals surface area contributed by atoms with Gasteiger partial charge in [-0.15, -0.1) is 6.58 Å². The van der Waals surface area contributed by atoms with E-state index in [0.717, 1.165) is 0 Å². The summed E-state index contributed by atoms with van der Waals surface area (Å²) in [5.41, 5.74) is -1.16. The van der Waals surface area contributed by atoms with Crippen molar-refractivity contribution in [3.05, 3.63) is 12.7 Å². The maximum absolute atomic E-state index is 12.0. The molecule has 6 heteroatoms. The highest BCUT2D eigenvalue weighted by Gasteiger charge is 2.25. The van der Waals surface area contributed by atoms with Crippen molar-refractivity contribution in [3.63, 3.8) is 0 Å². The van der Waals surface area contributed by atoms with Crippen LogP contribution in [0.1, 0.15) is 48.0 Å². The number of alkyl carbamates (subject to hydrolysis) is 1. The summed E-state index contributed by atoms with van der Waals surface area (Å²) in [6, 6.07) is 0. The van der Waals surface area contributed by atoms with Gasteiger partial charge in [0.2, 0.25) is 5.91 Å². The number of hydrogen-bond acceptors (Lipinski definition) is 4. The molecule has 0 aliphatic carbocycles. The van der Waals surface area contributed by atoms with Crippen molar-refractivity contribution < 1.29 is 19.1 Å². The number of amides is 2. The Morgan fingerprint density at radius 3 is 2.32 bits per heavy atom. The molecule has 2 amide bonds. The summed E-state index contributed by atoms with van der Waals surface area (Å²) in [6.07, 6.45) is 1.37. The molecule has 0 aromatic carbocycles. The largest absolute Gasteiger partial charge is 0.444 e. The summed E-state index contributed by atoms with van der Waals surface area (Å²) in [7, 11) is 0. The third-order valence-electron chi connectivity index (χ3n) is 2.59. The van der Waals surface area contributed by atoms with Crippen LogP contribution in [-0.2, 0) is 14.3 Å². The van der Waals surface area contributed by atoms with E-state index in [4.69, 9.17) is 9.47 Å². The van der Waals surface area contributed by atoms with Crippen molar-refractivity contribution in [1.29, 1.82) is 0 Å². The van der Waals surface area contributed by atoms with Gasteiger partial charge in [-0.2, -0.15) is 0 Å². The molecule has 0 heterocycles. The average Bonchev–Trinajstić information content (AvgIpc) is 2.34. The van der Waals surface area contributed by atoms with Crippen LogP contribution in [0.5, 0.6) is 0 Å². The number of carbonyl (C=O) groups is 2. The minimum Gasteiger partial charge on any atom is -0.444 e. The lowest BCUT2D eigenvalue weighted by atomic mass is 10.1. The molecule has 1 atom stereocenters. The molecule has 0 saturated carbocycles. The highest BCUT2D eigenvalue weighted by molar-refractivity contribution is 5.81. The van der Waals surface area contributed by atoms with Gasteiger partial charge in [0.25, 0.3) is 0 Å². The summed E-state index contributed by atoms with van der Waals surface area (Å²) in [5.74, 6) is -0.222. The zero-order chi connectivity index (χ0) is 17.4. The van der Waals surface area contributed by atoms with Gasteiger partial charge in [-0.3, -0.25) is 4.79 Å². The molecular formula is C16H30N2O4. The van der Waals surface area contributed by atoms with E-state index in [1.807, 2.05) is 13.8 Å². The minimum atomic E-state index is -0.607. The van der Waals surface area contributed by atoms with E-state index in [1.165, 1.54) is 0 Å². The Balaban J connectivity index is 4.24. The third-order valence-corrected chi connectivity index (χ3v) is 2.59.